The van der Waals surface area contributed by atoms with Gasteiger partial charge < -0.3 is 14.8 Å². The first-order chi connectivity index (χ1) is 10.4. The second-order valence-corrected chi connectivity index (χ2v) is 5.40. The van der Waals surface area contributed by atoms with Crippen LogP contribution >= 0.6 is 0 Å². The summed E-state index contributed by atoms with van der Waals surface area (Å²) in [6.45, 7) is 2.94. The Hall–Kier alpha value is -1.68. The van der Waals surface area contributed by atoms with Crippen LogP contribution in [0, 0.1) is 0 Å². The summed E-state index contributed by atoms with van der Waals surface area (Å²) in [6, 6.07) is 17.3. The van der Waals surface area contributed by atoms with Crippen LogP contribution in [0.1, 0.15) is 28.3 Å². The van der Waals surface area contributed by atoms with Gasteiger partial charge in [0.1, 0.15) is 0 Å². The van der Waals surface area contributed by atoms with E-state index in [9.17, 15) is 0 Å². The van der Waals surface area contributed by atoms with E-state index < -0.39 is 0 Å². The summed E-state index contributed by atoms with van der Waals surface area (Å²) in [4.78, 5) is 0. The van der Waals surface area contributed by atoms with Crippen LogP contribution in [0.15, 0.2) is 48.5 Å². The van der Waals surface area contributed by atoms with Gasteiger partial charge in [-0.3, -0.25) is 0 Å². The van der Waals surface area contributed by atoms with Gasteiger partial charge in [-0.25, -0.2) is 0 Å². The monoisotopic (exact) mass is 283 g/mol. The van der Waals surface area contributed by atoms with E-state index in [2.05, 4.69) is 53.8 Å². The van der Waals surface area contributed by atoms with Crippen LogP contribution in [0.5, 0.6) is 0 Å². The Labute approximate surface area is 125 Å². The van der Waals surface area contributed by atoms with Crippen LogP contribution in [0.25, 0.3) is 0 Å². The van der Waals surface area contributed by atoms with Crippen molar-refractivity contribution in [3.8, 4) is 0 Å². The molecule has 1 N–H and O–H groups in total. The standard InChI is InChI=1S/C18H21NO2/c1-20-11-15-6-4-5-14(9-15)10-19-18-13-21-12-16-7-2-3-8-17(16)18/h2-9,18-19H,10-13H2,1H3. The molecule has 2 aromatic rings. The van der Waals surface area contributed by atoms with E-state index in [0.29, 0.717) is 6.61 Å². The number of hydrogen-bond donors (Lipinski definition) is 1. The molecular formula is C18H21NO2. The molecule has 0 aliphatic carbocycles. The van der Waals surface area contributed by atoms with Crippen molar-refractivity contribution >= 4 is 0 Å². The Morgan fingerprint density at radius 2 is 2.00 bits per heavy atom. The molecule has 3 heteroatoms. The highest BCUT2D eigenvalue weighted by Crippen LogP contribution is 2.24. The van der Waals surface area contributed by atoms with Gasteiger partial charge in [0.25, 0.3) is 0 Å². The third kappa shape index (κ3) is 3.50. The molecule has 0 amide bonds. The first kappa shape index (κ1) is 14.3. The van der Waals surface area contributed by atoms with E-state index in [4.69, 9.17) is 9.47 Å². The number of rotatable bonds is 5. The predicted octanol–water partition coefficient (Wildman–Crippen LogP) is 3.19. The minimum absolute atomic E-state index is 0.265. The lowest BCUT2D eigenvalue weighted by Gasteiger charge is -2.26. The minimum Gasteiger partial charge on any atom is -0.380 e. The Kier molecular flexibility index (Phi) is 4.65. The van der Waals surface area contributed by atoms with Gasteiger partial charge in [0.05, 0.1) is 25.9 Å². The third-order valence-electron chi connectivity index (χ3n) is 3.83. The van der Waals surface area contributed by atoms with Crippen molar-refractivity contribution in [2.75, 3.05) is 13.7 Å². The van der Waals surface area contributed by atoms with E-state index in [0.717, 1.165) is 19.8 Å². The normalized spacial score (nSPS) is 17.5. The average molecular weight is 283 g/mol. The molecule has 3 rings (SSSR count). The van der Waals surface area contributed by atoms with Crippen molar-refractivity contribution < 1.29 is 9.47 Å². The molecule has 0 spiro atoms. The summed E-state index contributed by atoms with van der Waals surface area (Å²) in [7, 11) is 1.72. The summed E-state index contributed by atoms with van der Waals surface area (Å²) in [5.74, 6) is 0. The van der Waals surface area contributed by atoms with Gasteiger partial charge in [0, 0.05) is 13.7 Å². The van der Waals surface area contributed by atoms with Crippen molar-refractivity contribution in [2.45, 2.75) is 25.8 Å². The quantitative estimate of drug-likeness (QED) is 0.914. The summed E-state index contributed by atoms with van der Waals surface area (Å²) in [5.41, 5.74) is 5.12. The number of hydrogen-bond acceptors (Lipinski definition) is 3. The molecule has 1 aliphatic rings. The fraction of sp³-hybridized carbons (Fsp3) is 0.333. The van der Waals surface area contributed by atoms with E-state index in [1.54, 1.807) is 7.11 Å². The molecule has 1 unspecified atom stereocenters. The molecule has 1 aliphatic heterocycles. The lowest BCUT2D eigenvalue weighted by atomic mass is 9.99. The maximum absolute atomic E-state index is 5.68. The highest BCUT2D eigenvalue weighted by Gasteiger charge is 2.19. The van der Waals surface area contributed by atoms with E-state index in [1.807, 2.05) is 0 Å². The van der Waals surface area contributed by atoms with Gasteiger partial charge in [-0.1, -0.05) is 48.5 Å². The van der Waals surface area contributed by atoms with Crippen LogP contribution in [0.4, 0.5) is 0 Å². The molecule has 0 saturated heterocycles. The van der Waals surface area contributed by atoms with Gasteiger partial charge in [-0.05, 0) is 22.3 Å². The van der Waals surface area contributed by atoms with Gasteiger partial charge in [-0.15, -0.1) is 0 Å². The maximum atomic E-state index is 5.68. The van der Waals surface area contributed by atoms with Crippen molar-refractivity contribution in [1.82, 2.24) is 5.32 Å². The summed E-state index contributed by atoms with van der Waals surface area (Å²) < 4.78 is 10.9. The second kappa shape index (κ2) is 6.85. The fourth-order valence-electron chi connectivity index (χ4n) is 2.79. The van der Waals surface area contributed by atoms with E-state index in [1.165, 1.54) is 22.3 Å². The maximum Gasteiger partial charge on any atom is 0.0721 e. The van der Waals surface area contributed by atoms with Gasteiger partial charge in [-0.2, -0.15) is 0 Å². The smallest absolute Gasteiger partial charge is 0.0721 e. The number of benzene rings is 2. The molecule has 21 heavy (non-hydrogen) atoms. The molecule has 0 radical (unpaired) electrons. The Balaban J connectivity index is 1.67. The Bertz CT molecular complexity index is 597. The van der Waals surface area contributed by atoms with Crippen molar-refractivity contribution in [3.05, 3.63) is 70.8 Å². The van der Waals surface area contributed by atoms with Crippen LogP contribution in [-0.2, 0) is 29.2 Å². The molecule has 0 fully saturated rings. The summed E-state index contributed by atoms with van der Waals surface area (Å²) in [5, 5.41) is 3.60. The summed E-state index contributed by atoms with van der Waals surface area (Å²) >= 11 is 0. The van der Waals surface area contributed by atoms with E-state index in [-0.39, 0.29) is 6.04 Å². The first-order valence-electron chi connectivity index (χ1n) is 7.32. The molecule has 2 aromatic carbocycles. The average Bonchev–Trinajstić information content (AvgIpc) is 2.53. The number of nitrogens with one attached hydrogen (secondary N) is 1. The van der Waals surface area contributed by atoms with Crippen LogP contribution in [-0.4, -0.2) is 13.7 Å². The topological polar surface area (TPSA) is 30.5 Å². The molecule has 110 valence electrons. The van der Waals surface area contributed by atoms with Crippen molar-refractivity contribution in [3.63, 3.8) is 0 Å². The zero-order chi connectivity index (χ0) is 14.5. The lowest BCUT2D eigenvalue weighted by Crippen LogP contribution is -2.29. The van der Waals surface area contributed by atoms with Gasteiger partial charge in [0.15, 0.2) is 0 Å². The van der Waals surface area contributed by atoms with Crippen LogP contribution < -0.4 is 5.32 Å². The molecule has 3 nitrogen and oxygen atoms in total. The Morgan fingerprint density at radius 1 is 1.14 bits per heavy atom. The highest BCUT2D eigenvalue weighted by molar-refractivity contribution is 5.31. The predicted molar refractivity (Wildman–Crippen MR) is 82.8 cm³/mol. The zero-order valence-corrected chi connectivity index (χ0v) is 12.3. The van der Waals surface area contributed by atoms with Crippen molar-refractivity contribution in [2.24, 2.45) is 0 Å². The third-order valence-corrected chi connectivity index (χ3v) is 3.83. The van der Waals surface area contributed by atoms with Crippen molar-refractivity contribution in [1.29, 1.82) is 0 Å². The highest BCUT2D eigenvalue weighted by atomic mass is 16.5. The largest absolute Gasteiger partial charge is 0.380 e. The molecule has 1 heterocycles. The first-order valence-corrected chi connectivity index (χ1v) is 7.32. The second-order valence-electron chi connectivity index (χ2n) is 5.40. The number of ether oxygens (including phenoxy) is 2. The number of methoxy groups -OCH3 is 1. The van der Waals surface area contributed by atoms with Crippen LogP contribution in [0.3, 0.4) is 0 Å². The lowest BCUT2D eigenvalue weighted by molar-refractivity contribution is 0.0817. The van der Waals surface area contributed by atoms with Gasteiger partial charge >= 0.3 is 0 Å². The fourth-order valence-corrected chi connectivity index (χ4v) is 2.79. The summed E-state index contributed by atoms with van der Waals surface area (Å²) in [6.07, 6.45) is 0. The minimum atomic E-state index is 0.265. The SMILES string of the molecule is COCc1cccc(CNC2COCc3ccccc32)c1. The molecule has 0 bridgehead atoms. The molecule has 1 atom stereocenters. The Morgan fingerprint density at radius 3 is 2.90 bits per heavy atom. The molecular weight excluding hydrogens is 262 g/mol. The van der Waals surface area contributed by atoms with Crippen LogP contribution in [0.2, 0.25) is 0 Å². The van der Waals surface area contributed by atoms with E-state index >= 15 is 0 Å². The number of fused-ring (bicyclic) bond motifs is 1. The van der Waals surface area contributed by atoms with Gasteiger partial charge in [0.2, 0.25) is 0 Å². The molecule has 0 aromatic heterocycles. The zero-order valence-electron chi connectivity index (χ0n) is 12.3. The molecule has 0 saturated carbocycles.